The summed E-state index contributed by atoms with van der Waals surface area (Å²) in [5.74, 6) is 1.05. The lowest BCUT2D eigenvalue weighted by Gasteiger charge is -2.26. The van der Waals surface area contributed by atoms with Crippen molar-refractivity contribution in [3.63, 3.8) is 0 Å². The SMILES string of the molecule is CC(=O)NC(C(C)=O)C1CC(=C2SCCCS2)CC1N=C(NC(=O)OC(C)(C)C)NC(=O)OC(C)(C)C. The maximum absolute atomic E-state index is 12.6. The Morgan fingerprint density at radius 2 is 1.41 bits per heavy atom. The lowest BCUT2D eigenvalue weighted by Crippen LogP contribution is -2.49. The number of carbonyl (C=O) groups excluding carboxylic acids is 4. The number of rotatable bonds is 4. The maximum Gasteiger partial charge on any atom is 0.414 e. The van der Waals surface area contributed by atoms with Crippen LogP contribution < -0.4 is 16.0 Å². The molecule has 208 valence electrons. The van der Waals surface area contributed by atoms with E-state index in [0.717, 1.165) is 17.9 Å². The summed E-state index contributed by atoms with van der Waals surface area (Å²) >= 11 is 3.59. The molecule has 3 N–H and O–H groups in total. The van der Waals surface area contributed by atoms with E-state index in [2.05, 4.69) is 20.9 Å². The number of guanidine groups is 1. The first-order chi connectivity index (χ1) is 17.0. The van der Waals surface area contributed by atoms with E-state index in [1.54, 1.807) is 65.1 Å². The molecule has 37 heavy (non-hydrogen) atoms. The number of nitrogens with zero attached hydrogens (tertiary/aromatic N) is 1. The summed E-state index contributed by atoms with van der Waals surface area (Å²) in [6, 6.07) is -1.25. The molecular formula is C25H40N4O6S2. The van der Waals surface area contributed by atoms with Crippen molar-refractivity contribution in [1.29, 1.82) is 0 Å². The summed E-state index contributed by atoms with van der Waals surface area (Å²) < 4.78 is 11.9. The Morgan fingerprint density at radius 3 is 1.84 bits per heavy atom. The lowest BCUT2D eigenvalue weighted by molar-refractivity contribution is -0.126. The van der Waals surface area contributed by atoms with Crippen LogP contribution in [-0.2, 0) is 19.1 Å². The number of ketones is 1. The van der Waals surface area contributed by atoms with Gasteiger partial charge in [0.25, 0.3) is 0 Å². The highest BCUT2D eigenvalue weighted by Gasteiger charge is 2.40. The Morgan fingerprint density at radius 1 is 0.892 bits per heavy atom. The highest BCUT2D eigenvalue weighted by Crippen LogP contribution is 2.45. The van der Waals surface area contributed by atoms with Crippen molar-refractivity contribution in [3.8, 4) is 0 Å². The Balaban J connectivity index is 2.45. The average molecular weight is 557 g/mol. The fourth-order valence-corrected chi connectivity index (χ4v) is 6.69. The van der Waals surface area contributed by atoms with Crippen LogP contribution in [0.5, 0.6) is 0 Å². The van der Waals surface area contributed by atoms with E-state index in [9.17, 15) is 19.2 Å². The van der Waals surface area contributed by atoms with E-state index in [1.807, 2.05) is 0 Å². The maximum atomic E-state index is 12.6. The molecule has 1 heterocycles. The topological polar surface area (TPSA) is 135 Å². The van der Waals surface area contributed by atoms with Crippen LogP contribution in [-0.4, -0.2) is 64.6 Å². The first kappa shape index (κ1) is 31.0. The van der Waals surface area contributed by atoms with Crippen LogP contribution in [0.4, 0.5) is 9.59 Å². The highest BCUT2D eigenvalue weighted by molar-refractivity contribution is 8.22. The molecule has 2 aliphatic rings. The molecule has 12 heteroatoms. The molecule has 0 aromatic rings. The zero-order valence-corrected chi connectivity index (χ0v) is 24.6. The van der Waals surface area contributed by atoms with Gasteiger partial charge in [0.05, 0.1) is 12.1 Å². The second kappa shape index (κ2) is 13.0. The van der Waals surface area contributed by atoms with Crippen molar-refractivity contribution >= 4 is 53.4 Å². The summed E-state index contributed by atoms with van der Waals surface area (Å²) in [7, 11) is 0. The Labute approximate surface area is 227 Å². The Bertz CT molecular complexity index is 912. The lowest BCUT2D eigenvalue weighted by atomic mass is 9.91. The fourth-order valence-electron chi connectivity index (χ4n) is 3.98. The van der Waals surface area contributed by atoms with Crippen molar-refractivity contribution < 1.29 is 28.7 Å². The summed E-state index contributed by atoms with van der Waals surface area (Å²) in [6.07, 6.45) is 0.639. The number of thioether (sulfide) groups is 2. The van der Waals surface area contributed by atoms with Crippen molar-refractivity contribution in [2.75, 3.05) is 11.5 Å². The fraction of sp³-hybridized carbons (Fsp3) is 0.720. The van der Waals surface area contributed by atoms with Gasteiger partial charge in [-0.2, -0.15) is 0 Å². The first-order valence-corrected chi connectivity index (χ1v) is 14.3. The molecule has 3 amide bonds. The number of amides is 3. The highest BCUT2D eigenvalue weighted by atomic mass is 32.2. The third kappa shape index (κ3) is 11.0. The smallest absolute Gasteiger partial charge is 0.414 e. The van der Waals surface area contributed by atoms with Gasteiger partial charge in [-0.3, -0.25) is 20.2 Å². The van der Waals surface area contributed by atoms with Crippen LogP contribution >= 0.6 is 23.5 Å². The molecule has 1 aliphatic heterocycles. The second-order valence-corrected chi connectivity index (χ2v) is 13.6. The number of hydrogen-bond acceptors (Lipinski definition) is 9. The molecule has 1 aliphatic carbocycles. The van der Waals surface area contributed by atoms with Crippen LogP contribution in [0.3, 0.4) is 0 Å². The van der Waals surface area contributed by atoms with Gasteiger partial charge >= 0.3 is 12.2 Å². The van der Waals surface area contributed by atoms with Gasteiger partial charge in [-0.25, -0.2) is 14.6 Å². The molecule has 0 radical (unpaired) electrons. The van der Waals surface area contributed by atoms with Gasteiger partial charge in [0.2, 0.25) is 11.9 Å². The molecule has 0 bridgehead atoms. The van der Waals surface area contributed by atoms with Gasteiger partial charge in [-0.15, -0.1) is 23.5 Å². The zero-order chi connectivity index (χ0) is 28.0. The van der Waals surface area contributed by atoms with Crippen molar-refractivity contribution in [2.24, 2.45) is 10.9 Å². The molecule has 1 saturated carbocycles. The van der Waals surface area contributed by atoms with E-state index >= 15 is 0 Å². The van der Waals surface area contributed by atoms with Crippen LogP contribution in [0.1, 0.15) is 74.7 Å². The summed E-state index contributed by atoms with van der Waals surface area (Å²) in [4.78, 5) is 54.3. The van der Waals surface area contributed by atoms with E-state index in [0.29, 0.717) is 12.8 Å². The molecule has 0 aromatic heterocycles. The summed E-state index contributed by atoms with van der Waals surface area (Å²) in [5.41, 5.74) is -0.372. The normalized spacial score (nSPS) is 21.0. The molecule has 2 fully saturated rings. The standard InChI is InChI=1S/C25H40N4O6S2/c1-14(30)19(26-15(2)31)17-12-16(20-36-10-9-11-37-20)13-18(17)27-21(28-22(32)34-24(3,4)5)29-23(33)35-25(6,7)8/h17-19H,9-13H2,1-8H3,(H,26,31)(H2,27,28,29,32,33). The monoisotopic (exact) mass is 556 g/mol. The Kier molecular flexibility index (Phi) is 10.9. The summed E-state index contributed by atoms with van der Waals surface area (Å²) in [5, 5.41) is 7.81. The molecule has 0 spiro atoms. The van der Waals surface area contributed by atoms with Crippen LogP contribution in [0.15, 0.2) is 14.8 Å². The Hall–Kier alpha value is -2.21. The molecule has 3 atom stereocenters. The number of nitrogens with one attached hydrogen (secondary N) is 3. The minimum atomic E-state index is -0.793. The molecular weight excluding hydrogens is 516 g/mol. The molecule has 10 nitrogen and oxygen atoms in total. The quantitative estimate of drug-likeness (QED) is 0.344. The third-order valence-corrected chi connectivity index (χ3v) is 8.03. The van der Waals surface area contributed by atoms with Gasteiger partial charge in [-0.05, 0) is 84.8 Å². The second-order valence-electron chi connectivity index (χ2n) is 11.1. The third-order valence-electron chi connectivity index (χ3n) is 5.23. The number of hydrogen-bond donors (Lipinski definition) is 3. The van der Waals surface area contributed by atoms with Crippen molar-refractivity contribution in [2.45, 2.75) is 97.9 Å². The number of carbonyl (C=O) groups is 4. The van der Waals surface area contributed by atoms with Gasteiger partial charge < -0.3 is 14.8 Å². The number of ether oxygens (including phenoxy) is 2. The van der Waals surface area contributed by atoms with Gasteiger partial charge in [0.1, 0.15) is 11.2 Å². The number of aliphatic imine (C=N–C) groups is 1. The minimum Gasteiger partial charge on any atom is -0.444 e. The van der Waals surface area contributed by atoms with Crippen molar-refractivity contribution in [1.82, 2.24) is 16.0 Å². The van der Waals surface area contributed by atoms with Gasteiger partial charge in [0, 0.05) is 17.1 Å². The van der Waals surface area contributed by atoms with E-state index in [-0.39, 0.29) is 23.6 Å². The van der Waals surface area contributed by atoms with E-state index < -0.39 is 35.5 Å². The molecule has 0 aromatic carbocycles. The molecule has 3 unspecified atom stereocenters. The minimum absolute atomic E-state index is 0.140. The van der Waals surface area contributed by atoms with Crippen molar-refractivity contribution in [3.05, 3.63) is 9.81 Å². The molecule has 2 rings (SSSR count). The average Bonchev–Trinajstić information content (AvgIpc) is 3.12. The van der Waals surface area contributed by atoms with Crippen LogP contribution in [0, 0.1) is 5.92 Å². The number of alkyl carbamates (subject to hydrolysis) is 2. The van der Waals surface area contributed by atoms with Gasteiger partial charge in [-0.1, -0.05) is 0 Å². The predicted octanol–water partition coefficient (Wildman–Crippen LogP) is 4.35. The van der Waals surface area contributed by atoms with Crippen LogP contribution in [0.25, 0.3) is 0 Å². The summed E-state index contributed by atoms with van der Waals surface area (Å²) in [6.45, 7) is 13.1. The van der Waals surface area contributed by atoms with E-state index in [1.165, 1.54) is 23.7 Å². The predicted molar refractivity (Wildman–Crippen MR) is 148 cm³/mol. The largest absolute Gasteiger partial charge is 0.444 e. The zero-order valence-electron chi connectivity index (χ0n) is 23.0. The molecule has 1 saturated heterocycles. The van der Waals surface area contributed by atoms with E-state index in [4.69, 9.17) is 9.47 Å². The first-order valence-electron chi connectivity index (χ1n) is 12.4. The van der Waals surface area contributed by atoms with Gasteiger partial charge in [0.15, 0.2) is 5.78 Å². The van der Waals surface area contributed by atoms with Crippen LogP contribution in [0.2, 0.25) is 0 Å². The number of Topliss-reactive ketones (excluding diaryl/α,β-unsaturated/α-hetero) is 1.